The lowest BCUT2D eigenvalue weighted by Gasteiger charge is -2.13. The van der Waals surface area contributed by atoms with Crippen molar-refractivity contribution in [3.05, 3.63) is 69.7 Å². The summed E-state index contributed by atoms with van der Waals surface area (Å²) in [5.74, 6) is 7.40. The van der Waals surface area contributed by atoms with E-state index in [0.29, 0.717) is 23.9 Å². The topological polar surface area (TPSA) is 71.6 Å². The van der Waals surface area contributed by atoms with Crippen LogP contribution in [0.3, 0.4) is 0 Å². The summed E-state index contributed by atoms with van der Waals surface area (Å²) in [4.78, 5) is 5.10. The highest BCUT2D eigenvalue weighted by atomic mass is 32.2. The molecule has 6 nitrogen and oxygen atoms in total. The molecule has 29 heavy (non-hydrogen) atoms. The molecular weight excluding hydrogens is 386 g/mol. The van der Waals surface area contributed by atoms with Gasteiger partial charge in [-0.2, -0.15) is 4.47 Å². The van der Waals surface area contributed by atoms with Crippen LogP contribution < -0.4 is 4.47 Å². The van der Waals surface area contributed by atoms with Gasteiger partial charge in [0.1, 0.15) is 11.5 Å². The molecule has 1 aliphatic rings. The van der Waals surface area contributed by atoms with Crippen molar-refractivity contribution in [2.45, 2.75) is 45.3 Å². The maximum atomic E-state index is 10.4. The molecule has 1 aliphatic heterocycles. The fourth-order valence-electron chi connectivity index (χ4n) is 3.13. The molecule has 1 atom stereocenters. The molecule has 0 saturated heterocycles. The number of aromatic nitrogens is 2. The first-order valence-corrected chi connectivity index (χ1v) is 10.0. The third-order valence-corrected chi connectivity index (χ3v) is 5.87. The molecule has 3 aromatic rings. The van der Waals surface area contributed by atoms with Crippen LogP contribution in [0.4, 0.5) is 5.82 Å². The second kappa shape index (κ2) is 7.91. The van der Waals surface area contributed by atoms with E-state index in [-0.39, 0.29) is 6.10 Å². The molecule has 0 spiro atoms. The average Bonchev–Trinajstić information content (AvgIpc) is 3.23. The zero-order valence-electron chi connectivity index (χ0n) is 16.7. The summed E-state index contributed by atoms with van der Waals surface area (Å²) in [6.07, 6.45) is 1.77. The Kier molecular flexibility index (Phi) is 5.33. The number of hydrogen-bond donors (Lipinski definition) is 1. The van der Waals surface area contributed by atoms with E-state index in [2.05, 4.69) is 41.0 Å². The van der Waals surface area contributed by atoms with E-state index >= 15 is 0 Å². The largest absolute Gasteiger partial charge is 0.369 e. The summed E-state index contributed by atoms with van der Waals surface area (Å²) in [6, 6.07) is 7.91. The summed E-state index contributed by atoms with van der Waals surface area (Å²) in [5, 5.41) is 14.3. The molecular formula is C22H21N3O3S. The van der Waals surface area contributed by atoms with E-state index in [1.54, 1.807) is 13.1 Å². The number of aryl methyl sites for hydroxylation is 2. The summed E-state index contributed by atoms with van der Waals surface area (Å²) in [5.41, 5.74) is 5.83. The highest BCUT2D eigenvalue weighted by molar-refractivity contribution is 8.00. The van der Waals surface area contributed by atoms with Crippen molar-refractivity contribution >= 4 is 17.8 Å². The lowest BCUT2D eigenvalue weighted by atomic mass is 9.98. The quantitative estimate of drug-likeness (QED) is 0.376. The van der Waals surface area contributed by atoms with Crippen molar-refractivity contribution in [1.29, 1.82) is 0 Å². The first-order valence-electron chi connectivity index (χ1n) is 9.26. The van der Waals surface area contributed by atoms with Gasteiger partial charge < -0.3 is 9.26 Å². The molecule has 1 unspecified atom stereocenters. The van der Waals surface area contributed by atoms with E-state index in [1.165, 1.54) is 11.1 Å². The minimum atomic E-state index is 0.0872. The molecule has 0 aliphatic carbocycles. The number of pyridine rings is 1. The van der Waals surface area contributed by atoms with Gasteiger partial charge in [-0.15, -0.1) is 0 Å². The van der Waals surface area contributed by atoms with Crippen molar-refractivity contribution in [2.24, 2.45) is 0 Å². The number of nitrogens with zero attached hydrogens (tertiary/aromatic N) is 3. The van der Waals surface area contributed by atoms with Crippen LogP contribution in [0, 0.1) is 32.6 Å². The first-order chi connectivity index (χ1) is 13.9. The van der Waals surface area contributed by atoms with E-state index in [9.17, 15) is 5.21 Å². The predicted octanol–water partition coefficient (Wildman–Crippen LogP) is 4.89. The van der Waals surface area contributed by atoms with Crippen LogP contribution in [-0.4, -0.2) is 15.3 Å². The molecule has 3 heterocycles. The van der Waals surface area contributed by atoms with Gasteiger partial charge >= 0.3 is 0 Å². The Bertz CT molecular complexity index is 1130. The molecule has 0 saturated carbocycles. The van der Waals surface area contributed by atoms with Crippen molar-refractivity contribution < 1.29 is 14.5 Å². The molecule has 0 fully saturated rings. The Balaban J connectivity index is 1.62. The maximum absolute atomic E-state index is 10.4. The summed E-state index contributed by atoms with van der Waals surface area (Å²) < 4.78 is 11.8. The Morgan fingerprint density at radius 1 is 1.24 bits per heavy atom. The van der Waals surface area contributed by atoms with Crippen LogP contribution in [0.15, 0.2) is 39.9 Å². The predicted molar refractivity (Wildman–Crippen MR) is 111 cm³/mol. The molecule has 148 valence electrons. The van der Waals surface area contributed by atoms with Gasteiger partial charge in [0.25, 0.3) is 0 Å². The van der Waals surface area contributed by atoms with Gasteiger partial charge in [0.2, 0.25) is 5.82 Å². The molecule has 0 amide bonds. The Labute approximate surface area is 174 Å². The number of ether oxygens (including phenoxy) is 1. The normalized spacial score (nSPS) is 15.0. The molecule has 2 aromatic heterocycles. The zero-order chi connectivity index (χ0) is 20.5. The number of benzene rings is 1. The maximum Gasteiger partial charge on any atom is 0.210 e. The molecule has 0 radical (unpaired) electrons. The Morgan fingerprint density at radius 2 is 2.07 bits per heavy atom. The fourth-order valence-corrected chi connectivity index (χ4v) is 3.91. The van der Waals surface area contributed by atoms with Gasteiger partial charge in [-0.05, 0) is 68.5 Å². The van der Waals surface area contributed by atoms with Crippen LogP contribution in [-0.2, 0) is 11.3 Å². The number of hydrogen-bond acceptors (Lipinski definition) is 7. The smallest absolute Gasteiger partial charge is 0.210 e. The average molecular weight is 407 g/mol. The van der Waals surface area contributed by atoms with Crippen LogP contribution in [0.25, 0.3) is 0 Å². The standard InChI is InChI=1S/C22H21N3O3S/c1-13-10-18-12-27-16(4)19(18)11-17(13)7-8-20-21(6-5-9-23-20)29-25(26)22-14(2)15(3)28-24-22/h5-6,9-11,16,26H,12H2,1-4H3. The van der Waals surface area contributed by atoms with E-state index < -0.39 is 0 Å². The Hall–Kier alpha value is -2.79. The number of fused-ring (bicyclic) bond motifs is 1. The molecule has 0 bridgehead atoms. The monoisotopic (exact) mass is 407 g/mol. The van der Waals surface area contributed by atoms with Gasteiger partial charge in [-0.3, -0.25) is 5.21 Å². The number of anilines is 1. The fraction of sp³-hybridized carbons (Fsp3) is 0.273. The summed E-state index contributed by atoms with van der Waals surface area (Å²) >= 11 is 1.09. The van der Waals surface area contributed by atoms with E-state index in [4.69, 9.17) is 9.26 Å². The van der Waals surface area contributed by atoms with E-state index in [1.807, 2.05) is 26.0 Å². The minimum Gasteiger partial charge on any atom is -0.369 e. The molecule has 1 aromatic carbocycles. The van der Waals surface area contributed by atoms with Crippen LogP contribution in [0.1, 0.15) is 52.3 Å². The second-order valence-electron chi connectivity index (χ2n) is 6.97. The second-order valence-corrected chi connectivity index (χ2v) is 7.94. The van der Waals surface area contributed by atoms with Crippen LogP contribution >= 0.6 is 11.9 Å². The highest BCUT2D eigenvalue weighted by Crippen LogP contribution is 2.33. The molecule has 1 N–H and O–H groups in total. The SMILES string of the molecule is Cc1cc2c(cc1C#Cc1ncccc1SN(O)c1noc(C)c1C)C(C)OC2. The third kappa shape index (κ3) is 3.87. The highest BCUT2D eigenvalue weighted by Gasteiger charge is 2.20. The van der Waals surface area contributed by atoms with Gasteiger partial charge in [0, 0.05) is 29.3 Å². The van der Waals surface area contributed by atoms with Crippen LogP contribution in [0.5, 0.6) is 0 Å². The van der Waals surface area contributed by atoms with E-state index in [0.717, 1.165) is 38.0 Å². The first kappa shape index (κ1) is 19.5. The van der Waals surface area contributed by atoms with Crippen molar-refractivity contribution in [3.8, 4) is 11.8 Å². The Morgan fingerprint density at radius 3 is 2.83 bits per heavy atom. The van der Waals surface area contributed by atoms with Gasteiger partial charge in [-0.25, -0.2) is 4.98 Å². The summed E-state index contributed by atoms with van der Waals surface area (Å²) in [6.45, 7) is 8.40. The van der Waals surface area contributed by atoms with Gasteiger partial charge in [0.15, 0.2) is 0 Å². The molecule has 4 rings (SSSR count). The zero-order valence-corrected chi connectivity index (χ0v) is 17.5. The van der Waals surface area contributed by atoms with Gasteiger partial charge in [-0.1, -0.05) is 17.1 Å². The lowest BCUT2D eigenvalue weighted by Crippen LogP contribution is -2.09. The lowest BCUT2D eigenvalue weighted by molar-refractivity contribution is 0.0796. The van der Waals surface area contributed by atoms with Crippen molar-refractivity contribution in [1.82, 2.24) is 10.1 Å². The summed E-state index contributed by atoms with van der Waals surface area (Å²) in [7, 11) is 0. The number of rotatable bonds is 3. The minimum absolute atomic E-state index is 0.0872. The van der Waals surface area contributed by atoms with Gasteiger partial charge in [0.05, 0.1) is 17.6 Å². The van der Waals surface area contributed by atoms with Crippen molar-refractivity contribution in [2.75, 3.05) is 4.47 Å². The third-order valence-electron chi connectivity index (χ3n) is 5.00. The van der Waals surface area contributed by atoms with Crippen molar-refractivity contribution in [3.63, 3.8) is 0 Å². The molecule has 7 heteroatoms. The van der Waals surface area contributed by atoms with Crippen LogP contribution in [0.2, 0.25) is 0 Å².